The van der Waals surface area contributed by atoms with Crippen LogP contribution in [0.1, 0.15) is 99.1 Å². The number of likely N-dealkylation sites (N-methyl/N-ethyl adjacent to an activating group) is 5. The van der Waals surface area contributed by atoms with E-state index in [0.29, 0.717) is 57.1 Å². The first-order valence-electron chi connectivity index (χ1n) is 43.7. The van der Waals surface area contributed by atoms with E-state index in [1.54, 1.807) is 135 Å². The zero-order valence-electron chi connectivity index (χ0n) is 75.7. The van der Waals surface area contributed by atoms with E-state index in [1.165, 1.54) is 83.8 Å². The number of H-pyrrole nitrogens is 1. The van der Waals surface area contributed by atoms with Crippen LogP contribution in [-0.4, -0.2) is 285 Å². The number of carboxylic acid groups (broad SMARTS) is 1. The molecule has 0 saturated carbocycles. The summed E-state index contributed by atoms with van der Waals surface area (Å²) in [5, 5.41) is 66.1. The number of guanidine groups is 1. The number of amides is 15. The van der Waals surface area contributed by atoms with E-state index in [2.05, 4.69) is 58.2 Å². The Balaban J connectivity index is 1.23. The summed E-state index contributed by atoms with van der Waals surface area (Å²) in [5.41, 5.74) is 14.6. The minimum Gasteiger partial charge on any atom is -0.508 e. The van der Waals surface area contributed by atoms with Crippen molar-refractivity contribution in [1.29, 1.82) is 5.41 Å². The molecule has 0 spiro atoms. The molecular weight excluding hydrogens is 1730 g/mol. The van der Waals surface area contributed by atoms with Gasteiger partial charge in [-0.2, -0.15) is 0 Å². The normalized spacial score (nSPS) is 21.5. The molecule has 0 radical (unpaired) electrons. The van der Waals surface area contributed by atoms with Gasteiger partial charge < -0.3 is 109 Å². The Morgan fingerprint density at radius 3 is 1.45 bits per heavy atom. The van der Waals surface area contributed by atoms with Gasteiger partial charge in [-0.1, -0.05) is 167 Å². The summed E-state index contributed by atoms with van der Waals surface area (Å²) in [6, 6.07) is 26.6. The van der Waals surface area contributed by atoms with Crippen LogP contribution in [0.2, 0.25) is 0 Å². The Hall–Kier alpha value is -14.4. The summed E-state index contributed by atoms with van der Waals surface area (Å²) in [5.74, 6) is -17.5. The number of phenols is 2. The monoisotopic (exact) mass is 1850 g/mol. The number of para-hydroxylation sites is 1. The van der Waals surface area contributed by atoms with Gasteiger partial charge in [-0.05, 0) is 95.3 Å². The smallest absolute Gasteiger partial charge is 0.305 e. The first kappa shape index (κ1) is 104. The maximum absolute atomic E-state index is 15.6. The molecule has 6 aromatic carbocycles. The van der Waals surface area contributed by atoms with E-state index >= 15 is 38.4 Å². The zero-order valence-corrected chi connectivity index (χ0v) is 76.5. The number of hydrogen-bond acceptors (Lipinski definition) is 20. The maximum Gasteiger partial charge on any atom is 0.305 e. The van der Waals surface area contributed by atoms with Crippen LogP contribution in [0.5, 0.6) is 11.5 Å². The fraction of sp³-hybridized carbons (Fsp3) is 0.415. The van der Waals surface area contributed by atoms with Crippen molar-refractivity contribution in [3.63, 3.8) is 0 Å². The first-order chi connectivity index (χ1) is 63.4. The molecule has 0 aliphatic carbocycles. The maximum atomic E-state index is 15.6. The molecule has 15 amide bonds. The number of aromatic amines is 1. The minimum absolute atomic E-state index is 0.00881. The van der Waals surface area contributed by atoms with Crippen molar-refractivity contribution >= 4 is 123 Å². The van der Waals surface area contributed by atoms with Crippen LogP contribution in [0, 0.1) is 11.3 Å². The molecule has 19 N–H and O–H groups in total. The molecule has 7 aromatic rings. The molecule has 1 aliphatic heterocycles. The van der Waals surface area contributed by atoms with E-state index in [-0.39, 0.29) is 88.2 Å². The van der Waals surface area contributed by atoms with Crippen molar-refractivity contribution < 1.29 is 92.0 Å². The molecule has 1 unspecified atom stereocenters. The molecule has 8 rings (SSSR count). The standard InChI is InChI=1S/C94H121N19O19S/c1-9-10-32-75-92(131)110(5)53-80(118)102-71(49-82(120)121)87(126)104-67(31-22-41-98-94(96)97)90(129)112(7)76(46-58-25-16-12-17-26-58)88(127)107-72(45-61-35-39-64(115)40-36-61)89(128)109(4)52-79(117)101-70(48-62-50-99-66-30-21-20-29-65(62)66)86(125)106-69(43-60-33-37-63(114)38-34-60)85(124)105-68(42-56(2)3)84(123)108-74(83(122)100-51-78(95)116)54-133-55-81(119)103-73(44-57-23-14-11-15-24-57)91(130)113(8)77(93(132)111(75)6)47-59-27-18-13-19-28-59/h11-21,23-30,33-40,50,56,67-77,99,114-115H,9-10,22,31-32,41-49,51-55H2,1-8H3,(H2,95,116)(H,100,122)(H,101,117)(H,102,118)(H,103,119)(H,104,126)(H,105,124)(H,106,125)(H,107,127)(H,108,123)(H,120,121)(H4,96,97,98)/t67-,68-,69?,70-,71-,72-,73-,74-,75-,76-,77-/m0/s1. The van der Waals surface area contributed by atoms with Crippen molar-refractivity contribution in [1.82, 2.24) is 82.7 Å². The molecular formula is C94H121N19O19S. The number of unbranched alkanes of at least 4 members (excludes halogenated alkanes) is 1. The van der Waals surface area contributed by atoms with E-state index < -0.39 is 205 Å². The van der Waals surface area contributed by atoms with Gasteiger partial charge in [0.25, 0.3) is 0 Å². The first-order valence-corrected chi connectivity index (χ1v) is 44.9. The molecule has 38 nitrogen and oxygen atoms in total. The lowest BCUT2D eigenvalue weighted by Gasteiger charge is -2.37. The Bertz CT molecular complexity index is 5210. The summed E-state index contributed by atoms with van der Waals surface area (Å²) < 4.78 is 0. The largest absolute Gasteiger partial charge is 0.508 e. The number of carbonyl (C=O) groups excluding carboxylic acids is 15. The Labute approximate surface area is 775 Å². The fourth-order valence-corrected chi connectivity index (χ4v) is 16.1. The van der Waals surface area contributed by atoms with Gasteiger partial charge in [-0.15, -0.1) is 11.8 Å². The second kappa shape index (κ2) is 51.3. The van der Waals surface area contributed by atoms with E-state index in [1.807, 2.05) is 6.92 Å². The number of aromatic nitrogens is 1. The van der Waals surface area contributed by atoms with Gasteiger partial charge in [0, 0.05) is 103 Å². The highest BCUT2D eigenvalue weighted by molar-refractivity contribution is 8.00. The van der Waals surface area contributed by atoms with Gasteiger partial charge in [-0.3, -0.25) is 82.1 Å². The number of carbonyl (C=O) groups is 16. The molecule has 712 valence electrons. The molecule has 2 heterocycles. The van der Waals surface area contributed by atoms with Crippen LogP contribution >= 0.6 is 11.8 Å². The highest BCUT2D eigenvalue weighted by atomic mass is 32.2. The highest BCUT2D eigenvalue weighted by Crippen LogP contribution is 2.25. The molecule has 1 aromatic heterocycles. The fourth-order valence-electron chi connectivity index (χ4n) is 15.3. The van der Waals surface area contributed by atoms with Crippen molar-refractivity contribution in [2.24, 2.45) is 17.4 Å². The molecule has 1 fully saturated rings. The number of phenolic OH excluding ortho intramolecular Hbond substituents is 2. The van der Waals surface area contributed by atoms with Gasteiger partial charge in [0.05, 0.1) is 31.8 Å². The third kappa shape index (κ3) is 32.6. The lowest BCUT2D eigenvalue weighted by atomic mass is 9.99. The number of aliphatic carboxylic acids is 1. The van der Waals surface area contributed by atoms with Gasteiger partial charge >= 0.3 is 5.97 Å². The Morgan fingerprint density at radius 1 is 0.459 bits per heavy atom. The van der Waals surface area contributed by atoms with Crippen LogP contribution < -0.4 is 64.6 Å². The number of aromatic hydroxyl groups is 2. The molecule has 0 bridgehead atoms. The number of fused-ring (bicyclic) bond motifs is 1. The van der Waals surface area contributed by atoms with Gasteiger partial charge in [0.15, 0.2) is 5.96 Å². The zero-order chi connectivity index (χ0) is 97.1. The van der Waals surface area contributed by atoms with Crippen LogP contribution in [0.4, 0.5) is 0 Å². The van der Waals surface area contributed by atoms with Crippen LogP contribution in [0.15, 0.2) is 170 Å². The third-order valence-electron chi connectivity index (χ3n) is 22.4. The second-order valence-electron chi connectivity index (χ2n) is 33.4. The molecule has 133 heavy (non-hydrogen) atoms. The van der Waals surface area contributed by atoms with Crippen LogP contribution in [0.25, 0.3) is 10.9 Å². The average molecular weight is 1850 g/mol. The molecule has 39 heteroatoms. The van der Waals surface area contributed by atoms with E-state index in [4.69, 9.17) is 16.9 Å². The molecule has 1 aliphatic rings. The summed E-state index contributed by atoms with van der Waals surface area (Å²) >= 11 is 0.822. The Kier molecular flexibility index (Phi) is 40.1. The van der Waals surface area contributed by atoms with E-state index in [9.17, 15) is 53.7 Å². The van der Waals surface area contributed by atoms with E-state index in [0.717, 1.165) is 36.3 Å². The minimum atomic E-state index is -1.97. The van der Waals surface area contributed by atoms with Crippen molar-refractivity contribution in [2.75, 3.05) is 72.9 Å². The number of benzene rings is 6. The van der Waals surface area contributed by atoms with Gasteiger partial charge in [-0.25, -0.2) is 0 Å². The van der Waals surface area contributed by atoms with Gasteiger partial charge in [0.2, 0.25) is 88.6 Å². The van der Waals surface area contributed by atoms with Crippen molar-refractivity contribution in [3.05, 3.63) is 203 Å². The number of nitrogens with zero attached hydrogens (tertiary/aromatic N) is 5. The van der Waals surface area contributed by atoms with Crippen molar-refractivity contribution in [2.45, 2.75) is 171 Å². The van der Waals surface area contributed by atoms with Gasteiger partial charge in [0.1, 0.15) is 78.0 Å². The lowest BCUT2D eigenvalue weighted by Crippen LogP contribution is -2.60. The number of primary amides is 1. The summed E-state index contributed by atoms with van der Waals surface area (Å²) in [4.78, 5) is 244. The van der Waals surface area contributed by atoms with Crippen LogP contribution in [-0.2, 0) is 115 Å². The predicted octanol–water partition coefficient (Wildman–Crippen LogP) is 0.934. The number of nitrogens with one attached hydrogen (secondary N) is 12. The third-order valence-corrected chi connectivity index (χ3v) is 23.5. The predicted molar refractivity (Wildman–Crippen MR) is 496 cm³/mol. The molecule has 1 saturated heterocycles. The topological polar surface area (TPSA) is 562 Å². The number of hydrogen-bond donors (Lipinski definition) is 17. The summed E-state index contributed by atoms with van der Waals surface area (Å²) in [7, 11) is 6.45. The van der Waals surface area contributed by atoms with Crippen LogP contribution in [0.3, 0.4) is 0 Å². The quantitative estimate of drug-likeness (QED) is 0.0204. The SMILES string of the molecule is CCCC[C@H]1C(=O)N(C)CC(=O)N[C@@H](CC(=O)O)C(=O)N[C@@H](CCCNC(=N)N)C(=O)N(C)[C@@H](Cc2ccccc2)C(=O)N[C@@H](Cc2ccc(O)cc2)C(=O)N(C)CC(=O)N[C@@H](Cc2c[nH]c3ccccc23)C(=O)NC(Cc2ccc(O)cc2)C(=O)N[C@@H](CC(C)C)C(=O)N[C@H](C(=O)NCC(N)=O)CSCC(=O)N[C@@H](Cc2ccccc2)C(=O)N(C)[C@@H](Cc2ccccc2)C(=O)N1C. The number of rotatable bonds is 26. The van der Waals surface area contributed by atoms with Crippen molar-refractivity contribution in [3.8, 4) is 11.5 Å². The highest BCUT2D eigenvalue weighted by Gasteiger charge is 2.42. The molecule has 11 atom stereocenters. The second-order valence-corrected chi connectivity index (χ2v) is 34.4. The lowest BCUT2D eigenvalue weighted by molar-refractivity contribution is -0.151. The number of thioether (sulfide) groups is 1. The number of carboxylic acids is 1. The Morgan fingerprint density at radius 2 is 0.902 bits per heavy atom. The summed E-state index contributed by atoms with van der Waals surface area (Å²) in [6.07, 6.45) is -0.466. The average Bonchev–Trinajstić information content (AvgIpc) is 1.72. The summed E-state index contributed by atoms with van der Waals surface area (Å²) in [6.45, 7) is 2.91. The number of nitrogens with two attached hydrogens (primary N) is 2.